The number of rotatable bonds is 54. The smallest absolute Gasteiger partial charge is 0.130 e. The predicted octanol–water partition coefficient (Wildman–Crippen LogP) is 21.3. The zero-order chi connectivity index (χ0) is 69.9. The molecule has 0 fully saturated rings. The van der Waals surface area contributed by atoms with Gasteiger partial charge in [-0.2, -0.15) is 0 Å². The van der Waals surface area contributed by atoms with Crippen LogP contribution in [0.5, 0.6) is 34.5 Å². The molecule has 0 radical (unpaired) electrons. The van der Waals surface area contributed by atoms with Crippen molar-refractivity contribution in [1.29, 1.82) is 0 Å². The van der Waals surface area contributed by atoms with E-state index in [0.29, 0.717) is 104 Å². The first-order valence-electron chi connectivity index (χ1n) is 38.1. The van der Waals surface area contributed by atoms with E-state index in [1.807, 2.05) is 127 Å². The highest BCUT2D eigenvalue weighted by molar-refractivity contribution is 5.83. The standard InChI is InChI=1S/C87H120O12/c1-4-7-10-13-16-19-22-25-28-31-46-94-82-40-34-67(35-41-82)64-97-85-76(58-88)52-73(53-77(85)59-89)70-49-71(74-54-78(60-90)86(79(55-74)61-91)98-65-68-36-42-83(43-37-68)95-47-32-29-26-23-20-17-14-11-8-5-2)51-72(50-70)75-56-80(62-92)87(81(57-75)63-93)99-66-69-38-44-84(45-39-69)96-48-33-30-27-24-21-18-15-12-9-6-3/h34-45,49-57,88-93H,4-33,46-48,58-66H2,1-3H3. The van der Waals surface area contributed by atoms with Crippen LogP contribution in [0.4, 0.5) is 0 Å². The van der Waals surface area contributed by atoms with Crippen molar-refractivity contribution in [2.75, 3.05) is 19.8 Å². The molecule has 7 rings (SSSR count). The lowest BCUT2D eigenvalue weighted by Crippen LogP contribution is -2.05. The van der Waals surface area contributed by atoms with Gasteiger partial charge in [0.25, 0.3) is 0 Å². The summed E-state index contributed by atoms with van der Waals surface area (Å²) in [6, 6.07) is 40.7. The van der Waals surface area contributed by atoms with Crippen molar-refractivity contribution in [2.24, 2.45) is 0 Å². The van der Waals surface area contributed by atoms with Crippen LogP contribution in [0.25, 0.3) is 33.4 Å². The molecule has 0 aliphatic rings. The number of benzene rings is 7. The van der Waals surface area contributed by atoms with Gasteiger partial charge in [-0.1, -0.05) is 231 Å². The van der Waals surface area contributed by atoms with Crippen LogP contribution in [0.3, 0.4) is 0 Å². The Kier molecular flexibility index (Phi) is 37.9. The Balaban J connectivity index is 1.08. The van der Waals surface area contributed by atoms with Gasteiger partial charge in [0.2, 0.25) is 0 Å². The van der Waals surface area contributed by atoms with E-state index < -0.39 is 0 Å². The summed E-state index contributed by atoms with van der Waals surface area (Å²) in [5.74, 6) is 3.57. The third kappa shape index (κ3) is 27.9. The van der Waals surface area contributed by atoms with Gasteiger partial charge < -0.3 is 59.1 Å². The first kappa shape index (κ1) is 79.4. The normalized spacial score (nSPS) is 11.4. The van der Waals surface area contributed by atoms with Crippen molar-refractivity contribution in [1.82, 2.24) is 0 Å². The zero-order valence-electron chi connectivity index (χ0n) is 60.5. The quantitative estimate of drug-likeness (QED) is 0.0199. The van der Waals surface area contributed by atoms with Gasteiger partial charge in [0.05, 0.1) is 59.5 Å². The maximum atomic E-state index is 11.0. The van der Waals surface area contributed by atoms with Crippen molar-refractivity contribution < 1.29 is 59.1 Å². The molecule has 12 heteroatoms. The molecular weight excluding hydrogens is 1240 g/mol. The van der Waals surface area contributed by atoms with E-state index in [0.717, 1.165) is 72.5 Å². The SMILES string of the molecule is CCCCCCCCCCCCOc1ccc(COc2c(CO)cc(-c3cc(-c4cc(CO)c(OCc5ccc(OCCCCCCCCCCCC)cc5)c(CO)c4)cc(-c4cc(CO)c(OCc5ccc(OCCCCCCCCCCCC)cc5)c(CO)c4)c3)cc2CO)cc1. The summed E-state index contributed by atoms with van der Waals surface area (Å²) in [5, 5.41) is 66.1. The minimum Gasteiger partial charge on any atom is -0.494 e. The number of unbranched alkanes of at least 4 members (excludes halogenated alkanes) is 27. The fraction of sp³-hybridized carbons (Fsp3) is 0.517. The average molecular weight is 1360 g/mol. The topological polar surface area (TPSA) is 177 Å². The van der Waals surface area contributed by atoms with Gasteiger partial charge in [0, 0.05) is 33.4 Å². The van der Waals surface area contributed by atoms with Crippen LogP contribution in [0.1, 0.15) is 263 Å². The zero-order valence-corrected chi connectivity index (χ0v) is 60.5. The lowest BCUT2D eigenvalue weighted by atomic mass is 9.89. The fourth-order valence-electron chi connectivity index (χ4n) is 13.0. The van der Waals surface area contributed by atoms with Gasteiger partial charge in [-0.3, -0.25) is 0 Å². The highest BCUT2D eigenvalue weighted by Gasteiger charge is 2.20. The van der Waals surface area contributed by atoms with Crippen molar-refractivity contribution in [3.8, 4) is 67.9 Å². The van der Waals surface area contributed by atoms with E-state index in [1.54, 1.807) is 0 Å². The van der Waals surface area contributed by atoms with Gasteiger partial charge in [-0.25, -0.2) is 0 Å². The molecule has 0 heterocycles. The summed E-state index contributed by atoms with van der Waals surface area (Å²) in [4.78, 5) is 0. The van der Waals surface area contributed by atoms with Gasteiger partial charge >= 0.3 is 0 Å². The van der Waals surface area contributed by atoms with E-state index in [-0.39, 0.29) is 59.5 Å². The summed E-state index contributed by atoms with van der Waals surface area (Å²) in [6.45, 7) is 7.15. The summed E-state index contributed by atoms with van der Waals surface area (Å²) in [7, 11) is 0. The minimum absolute atomic E-state index is 0.194. The Morgan fingerprint density at radius 1 is 0.212 bits per heavy atom. The second-order valence-corrected chi connectivity index (χ2v) is 27.0. The molecule has 12 nitrogen and oxygen atoms in total. The molecule has 0 aliphatic carbocycles. The number of ether oxygens (including phenoxy) is 6. The molecule has 6 N–H and O–H groups in total. The highest BCUT2D eigenvalue weighted by Crippen LogP contribution is 2.41. The van der Waals surface area contributed by atoms with E-state index in [9.17, 15) is 30.6 Å². The van der Waals surface area contributed by atoms with Crippen molar-refractivity contribution in [3.05, 3.63) is 177 Å². The van der Waals surface area contributed by atoms with Crippen molar-refractivity contribution in [2.45, 2.75) is 273 Å². The van der Waals surface area contributed by atoms with Crippen LogP contribution >= 0.6 is 0 Å². The Bertz CT molecular complexity index is 2890. The largest absolute Gasteiger partial charge is 0.494 e. The second kappa shape index (κ2) is 47.3. The Morgan fingerprint density at radius 3 is 0.586 bits per heavy atom. The first-order chi connectivity index (χ1) is 48.7. The number of aliphatic hydroxyl groups is 6. The van der Waals surface area contributed by atoms with Gasteiger partial charge in [-0.15, -0.1) is 0 Å². The first-order valence-corrected chi connectivity index (χ1v) is 38.1. The maximum absolute atomic E-state index is 11.0. The van der Waals surface area contributed by atoms with Crippen molar-refractivity contribution >= 4 is 0 Å². The lowest BCUT2D eigenvalue weighted by molar-refractivity contribution is 0.242. The second-order valence-electron chi connectivity index (χ2n) is 27.0. The highest BCUT2D eigenvalue weighted by atomic mass is 16.5. The van der Waals surface area contributed by atoms with Crippen LogP contribution in [-0.4, -0.2) is 50.5 Å². The maximum Gasteiger partial charge on any atom is 0.130 e. The molecule has 0 unspecified atom stereocenters. The van der Waals surface area contributed by atoms with Crippen LogP contribution in [0.15, 0.2) is 127 Å². The fourth-order valence-corrected chi connectivity index (χ4v) is 13.0. The van der Waals surface area contributed by atoms with E-state index in [2.05, 4.69) is 20.8 Å². The predicted molar refractivity (Wildman–Crippen MR) is 403 cm³/mol. The summed E-state index contributed by atoms with van der Waals surface area (Å²) >= 11 is 0. The van der Waals surface area contributed by atoms with Gasteiger partial charge in [-0.05, 0) is 160 Å². The third-order valence-corrected chi connectivity index (χ3v) is 18.9. The van der Waals surface area contributed by atoms with E-state index >= 15 is 0 Å². The molecule has 0 bridgehead atoms. The molecule has 99 heavy (non-hydrogen) atoms. The number of hydrogen-bond acceptors (Lipinski definition) is 12. The Labute approximate surface area is 594 Å². The third-order valence-electron chi connectivity index (χ3n) is 18.9. The van der Waals surface area contributed by atoms with Crippen molar-refractivity contribution in [3.63, 3.8) is 0 Å². The molecule has 540 valence electrons. The lowest BCUT2D eigenvalue weighted by Gasteiger charge is -2.20. The summed E-state index contributed by atoms with van der Waals surface area (Å²) < 4.78 is 37.6. The van der Waals surface area contributed by atoms with Gasteiger partial charge in [0.15, 0.2) is 0 Å². The molecular formula is C87H120O12. The Hall–Kier alpha value is -6.90. The molecule has 0 amide bonds. The summed E-state index contributed by atoms with van der Waals surface area (Å²) in [5.41, 5.74) is 9.80. The molecule has 0 spiro atoms. The average Bonchev–Trinajstić information content (AvgIpc) is 0.786. The molecule has 0 aliphatic heterocycles. The minimum atomic E-state index is -0.369. The number of hydrogen-bond donors (Lipinski definition) is 6. The molecule has 7 aromatic rings. The molecule has 7 aromatic carbocycles. The van der Waals surface area contributed by atoms with Crippen LogP contribution < -0.4 is 28.4 Å². The van der Waals surface area contributed by atoms with Crippen LogP contribution in [-0.2, 0) is 59.5 Å². The van der Waals surface area contributed by atoms with Crippen LogP contribution in [0.2, 0.25) is 0 Å². The van der Waals surface area contributed by atoms with Crippen LogP contribution in [0, 0.1) is 0 Å². The monoisotopic (exact) mass is 1360 g/mol. The Morgan fingerprint density at radius 2 is 0.394 bits per heavy atom. The molecule has 0 saturated carbocycles. The molecule has 0 atom stereocenters. The summed E-state index contributed by atoms with van der Waals surface area (Å²) in [6.07, 6.45) is 38.0. The van der Waals surface area contributed by atoms with E-state index in [1.165, 1.54) is 154 Å². The van der Waals surface area contributed by atoms with Gasteiger partial charge in [0.1, 0.15) is 54.3 Å². The van der Waals surface area contributed by atoms with E-state index in [4.69, 9.17) is 28.4 Å². The molecule has 0 aromatic heterocycles. The number of aliphatic hydroxyl groups excluding tert-OH is 6. The molecule has 0 saturated heterocycles.